The van der Waals surface area contributed by atoms with E-state index in [1.165, 1.54) is 17.0 Å². The minimum Gasteiger partial charge on any atom is -0.481 e. The van der Waals surface area contributed by atoms with Crippen molar-refractivity contribution in [3.05, 3.63) is 16.4 Å². The molecule has 5 nitrogen and oxygen atoms in total. The SMILES string of the molecule is CC1CCc2c(sc3nnc(CCC(=O)O)n23)C1. The van der Waals surface area contributed by atoms with Crippen LogP contribution in [0.5, 0.6) is 0 Å². The zero-order valence-electron chi connectivity index (χ0n) is 10.2. The highest BCUT2D eigenvalue weighted by Gasteiger charge is 2.23. The van der Waals surface area contributed by atoms with Gasteiger partial charge in [0, 0.05) is 17.0 Å². The Morgan fingerprint density at radius 1 is 1.56 bits per heavy atom. The van der Waals surface area contributed by atoms with Gasteiger partial charge in [0.2, 0.25) is 4.96 Å². The highest BCUT2D eigenvalue weighted by atomic mass is 32.1. The van der Waals surface area contributed by atoms with Crippen molar-refractivity contribution >= 4 is 22.3 Å². The van der Waals surface area contributed by atoms with Gasteiger partial charge in [0.1, 0.15) is 5.82 Å². The topological polar surface area (TPSA) is 67.5 Å². The molecule has 0 fully saturated rings. The largest absolute Gasteiger partial charge is 0.481 e. The van der Waals surface area contributed by atoms with Crippen LogP contribution in [0.4, 0.5) is 0 Å². The Balaban J connectivity index is 1.99. The van der Waals surface area contributed by atoms with Crippen molar-refractivity contribution in [1.29, 1.82) is 0 Å². The first-order valence-corrected chi connectivity index (χ1v) is 7.03. The number of hydrogen-bond acceptors (Lipinski definition) is 4. The number of nitrogens with zero attached hydrogens (tertiary/aromatic N) is 3. The highest BCUT2D eigenvalue weighted by molar-refractivity contribution is 7.17. The van der Waals surface area contributed by atoms with Gasteiger partial charge in [-0.05, 0) is 25.2 Å². The molecular formula is C12H15N3O2S. The molecule has 0 aromatic carbocycles. The molecule has 0 saturated heterocycles. The molecule has 2 heterocycles. The molecule has 3 rings (SSSR count). The molecule has 1 N–H and O–H groups in total. The third-order valence-corrected chi connectivity index (χ3v) is 4.57. The van der Waals surface area contributed by atoms with E-state index in [0.717, 1.165) is 29.5 Å². The van der Waals surface area contributed by atoms with Gasteiger partial charge >= 0.3 is 5.97 Å². The maximum absolute atomic E-state index is 10.6. The van der Waals surface area contributed by atoms with E-state index in [2.05, 4.69) is 21.5 Å². The molecule has 6 heteroatoms. The van der Waals surface area contributed by atoms with E-state index in [1.54, 1.807) is 11.3 Å². The van der Waals surface area contributed by atoms with E-state index in [9.17, 15) is 4.79 Å². The lowest BCUT2D eigenvalue weighted by molar-refractivity contribution is -0.137. The average Bonchev–Trinajstić information content (AvgIpc) is 2.84. The summed E-state index contributed by atoms with van der Waals surface area (Å²) in [5, 5.41) is 17.0. The van der Waals surface area contributed by atoms with E-state index in [0.29, 0.717) is 6.42 Å². The zero-order valence-corrected chi connectivity index (χ0v) is 11.0. The molecule has 1 aliphatic rings. The quantitative estimate of drug-likeness (QED) is 0.920. The monoisotopic (exact) mass is 265 g/mol. The third kappa shape index (κ3) is 1.90. The molecule has 1 atom stereocenters. The summed E-state index contributed by atoms with van der Waals surface area (Å²) < 4.78 is 2.08. The number of thiazole rings is 1. The predicted octanol–water partition coefficient (Wildman–Crippen LogP) is 1.93. The molecule has 0 saturated carbocycles. The highest BCUT2D eigenvalue weighted by Crippen LogP contribution is 2.32. The Labute approximate surface area is 108 Å². The molecule has 2 aromatic heterocycles. The summed E-state index contributed by atoms with van der Waals surface area (Å²) in [5.41, 5.74) is 1.30. The van der Waals surface area contributed by atoms with Crippen LogP contribution < -0.4 is 0 Å². The van der Waals surface area contributed by atoms with Crippen LogP contribution in [0.25, 0.3) is 4.96 Å². The number of aromatic nitrogens is 3. The van der Waals surface area contributed by atoms with Crippen molar-refractivity contribution < 1.29 is 9.90 Å². The van der Waals surface area contributed by atoms with Crippen molar-refractivity contribution in [2.24, 2.45) is 5.92 Å². The lowest BCUT2D eigenvalue weighted by Crippen LogP contribution is -2.12. The lowest BCUT2D eigenvalue weighted by Gasteiger charge is -2.17. The first kappa shape index (κ1) is 11.6. The van der Waals surface area contributed by atoms with Gasteiger partial charge in [-0.25, -0.2) is 0 Å². The van der Waals surface area contributed by atoms with Crippen molar-refractivity contribution in [3.63, 3.8) is 0 Å². The molecule has 0 aliphatic heterocycles. The van der Waals surface area contributed by atoms with Crippen molar-refractivity contribution in [3.8, 4) is 0 Å². The zero-order chi connectivity index (χ0) is 12.7. The Bertz CT molecular complexity index is 602. The molecule has 96 valence electrons. The fourth-order valence-electron chi connectivity index (χ4n) is 2.52. The smallest absolute Gasteiger partial charge is 0.303 e. The summed E-state index contributed by atoms with van der Waals surface area (Å²) in [6.45, 7) is 2.27. The molecule has 1 unspecified atom stereocenters. The number of rotatable bonds is 3. The standard InChI is InChI=1S/C12H15N3O2S/c1-7-2-3-8-9(6-7)18-12-14-13-10(15(8)12)4-5-11(16)17/h7H,2-6H2,1H3,(H,16,17). The average molecular weight is 265 g/mol. The summed E-state index contributed by atoms with van der Waals surface area (Å²) in [6.07, 6.45) is 3.92. The number of hydrogen-bond donors (Lipinski definition) is 1. The Morgan fingerprint density at radius 3 is 3.17 bits per heavy atom. The van der Waals surface area contributed by atoms with E-state index < -0.39 is 5.97 Å². The third-order valence-electron chi connectivity index (χ3n) is 3.48. The number of fused-ring (bicyclic) bond motifs is 3. The summed E-state index contributed by atoms with van der Waals surface area (Å²) >= 11 is 1.70. The predicted molar refractivity (Wildman–Crippen MR) is 68.0 cm³/mol. The van der Waals surface area contributed by atoms with Crippen molar-refractivity contribution in [2.75, 3.05) is 0 Å². The van der Waals surface area contributed by atoms with Gasteiger partial charge in [-0.2, -0.15) is 0 Å². The second kappa shape index (κ2) is 4.35. The molecule has 1 aliphatic carbocycles. The van der Waals surface area contributed by atoms with Crippen LogP contribution in [0.3, 0.4) is 0 Å². The van der Waals surface area contributed by atoms with Crippen molar-refractivity contribution in [2.45, 2.75) is 39.0 Å². The van der Waals surface area contributed by atoms with Gasteiger partial charge in [-0.15, -0.1) is 10.2 Å². The van der Waals surface area contributed by atoms with Crippen LogP contribution in [0.15, 0.2) is 0 Å². The van der Waals surface area contributed by atoms with Gasteiger partial charge in [0.15, 0.2) is 0 Å². The van der Waals surface area contributed by atoms with E-state index in [4.69, 9.17) is 5.11 Å². The maximum Gasteiger partial charge on any atom is 0.303 e. The van der Waals surface area contributed by atoms with Crippen LogP contribution in [0, 0.1) is 5.92 Å². The van der Waals surface area contributed by atoms with Crippen LogP contribution in [0.2, 0.25) is 0 Å². The lowest BCUT2D eigenvalue weighted by atomic mass is 9.93. The molecule has 0 radical (unpaired) electrons. The maximum atomic E-state index is 10.6. The van der Waals surface area contributed by atoms with Gasteiger partial charge in [-0.1, -0.05) is 18.3 Å². The molecule has 0 spiro atoms. The van der Waals surface area contributed by atoms with E-state index in [1.807, 2.05) is 0 Å². The molecule has 0 amide bonds. The number of aliphatic carboxylic acids is 1. The van der Waals surface area contributed by atoms with E-state index in [-0.39, 0.29) is 6.42 Å². The number of aryl methyl sites for hydroxylation is 2. The van der Waals surface area contributed by atoms with Crippen LogP contribution in [-0.2, 0) is 24.1 Å². The van der Waals surface area contributed by atoms with Crippen LogP contribution in [0.1, 0.15) is 36.2 Å². The van der Waals surface area contributed by atoms with Gasteiger partial charge in [0.05, 0.1) is 6.42 Å². The summed E-state index contributed by atoms with van der Waals surface area (Å²) in [5.74, 6) is 0.736. The molecule has 0 bridgehead atoms. The minimum atomic E-state index is -0.788. The molecule has 18 heavy (non-hydrogen) atoms. The van der Waals surface area contributed by atoms with Crippen molar-refractivity contribution in [1.82, 2.24) is 14.6 Å². The van der Waals surface area contributed by atoms with Gasteiger partial charge in [-0.3, -0.25) is 9.20 Å². The van der Waals surface area contributed by atoms with Gasteiger partial charge in [0.25, 0.3) is 0 Å². The van der Waals surface area contributed by atoms with E-state index >= 15 is 0 Å². The fraction of sp³-hybridized carbons (Fsp3) is 0.583. The summed E-state index contributed by atoms with van der Waals surface area (Å²) in [4.78, 5) is 13.0. The van der Waals surface area contributed by atoms with Crippen LogP contribution in [-0.4, -0.2) is 25.7 Å². The molecular weight excluding hydrogens is 250 g/mol. The fourth-order valence-corrected chi connectivity index (χ4v) is 3.81. The Morgan fingerprint density at radius 2 is 2.39 bits per heavy atom. The Hall–Kier alpha value is -1.43. The second-order valence-corrected chi connectivity index (χ2v) is 6.01. The number of carbonyl (C=O) groups is 1. The number of carboxylic acid groups (broad SMARTS) is 1. The number of carboxylic acids is 1. The summed E-state index contributed by atoms with van der Waals surface area (Å²) in [7, 11) is 0. The second-order valence-electron chi connectivity index (χ2n) is 4.95. The Kier molecular flexibility index (Phi) is 2.81. The summed E-state index contributed by atoms with van der Waals surface area (Å²) in [6, 6.07) is 0. The van der Waals surface area contributed by atoms with Gasteiger partial charge < -0.3 is 5.11 Å². The molecule has 2 aromatic rings. The first-order chi connectivity index (χ1) is 8.65. The first-order valence-electron chi connectivity index (χ1n) is 6.21. The minimum absolute atomic E-state index is 0.113. The van der Waals surface area contributed by atoms with Crippen LogP contribution >= 0.6 is 11.3 Å². The normalized spacial score (nSPS) is 19.1.